The first-order valence-electron chi connectivity index (χ1n) is 5.96. The van der Waals surface area contributed by atoms with Gasteiger partial charge in [-0.05, 0) is 19.4 Å². The minimum Gasteiger partial charge on any atom is -0.353 e. The van der Waals surface area contributed by atoms with Gasteiger partial charge in [-0.1, -0.05) is 6.92 Å². The zero-order valence-corrected chi connectivity index (χ0v) is 10.1. The summed E-state index contributed by atoms with van der Waals surface area (Å²) in [5, 5.41) is 8.01. The maximum atomic E-state index is 5.56. The maximum Gasteiger partial charge on any atom is 0.203 e. The van der Waals surface area contributed by atoms with Crippen molar-refractivity contribution in [1.82, 2.24) is 19.6 Å². The lowest BCUT2D eigenvalue weighted by Crippen LogP contribution is -2.28. The Morgan fingerprint density at radius 2 is 2.29 bits per heavy atom. The molecule has 6 heteroatoms. The lowest BCUT2D eigenvalue weighted by atomic mass is 10.3. The monoisotopic (exact) mass is 234 g/mol. The number of nitrogens with zero attached hydrogens (tertiary/aromatic N) is 5. The number of fused-ring (bicyclic) bond motifs is 1. The van der Waals surface area contributed by atoms with Gasteiger partial charge in [0.1, 0.15) is 6.33 Å². The highest BCUT2D eigenvalue weighted by atomic mass is 15.3. The van der Waals surface area contributed by atoms with E-state index in [4.69, 9.17) is 5.73 Å². The van der Waals surface area contributed by atoms with Crippen molar-refractivity contribution in [2.45, 2.75) is 19.8 Å². The third-order valence-electron chi connectivity index (χ3n) is 2.62. The molecule has 0 aliphatic heterocycles. The zero-order valence-electron chi connectivity index (χ0n) is 10.1. The molecule has 0 radical (unpaired) electrons. The molecule has 17 heavy (non-hydrogen) atoms. The summed E-state index contributed by atoms with van der Waals surface area (Å²) >= 11 is 0. The molecule has 0 amide bonds. The van der Waals surface area contributed by atoms with E-state index in [1.54, 1.807) is 12.5 Å². The van der Waals surface area contributed by atoms with Crippen LogP contribution in [-0.2, 0) is 0 Å². The van der Waals surface area contributed by atoms with Crippen molar-refractivity contribution in [2.24, 2.45) is 5.73 Å². The Morgan fingerprint density at radius 3 is 3.06 bits per heavy atom. The van der Waals surface area contributed by atoms with Crippen molar-refractivity contribution >= 4 is 11.5 Å². The SMILES string of the molecule is CCCN(CCCN)c1nccn2cnnc12. The molecular weight excluding hydrogens is 216 g/mol. The van der Waals surface area contributed by atoms with Crippen molar-refractivity contribution in [1.29, 1.82) is 0 Å². The van der Waals surface area contributed by atoms with E-state index in [1.165, 1.54) is 0 Å². The number of rotatable bonds is 6. The van der Waals surface area contributed by atoms with Crippen LogP contribution in [0.2, 0.25) is 0 Å². The number of hydrogen-bond acceptors (Lipinski definition) is 5. The molecule has 0 fully saturated rings. The van der Waals surface area contributed by atoms with E-state index in [0.29, 0.717) is 6.54 Å². The van der Waals surface area contributed by atoms with Crippen LogP contribution in [0.3, 0.4) is 0 Å². The summed E-state index contributed by atoms with van der Waals surface area (Å²) in [6, 6.07) is 0. The summed E-state index contributed by atoms with van der Waals surface area (Å²) in [6.45, 7) is 4.71. The lowest BCUT2D eigenvalue weighted by Gasteiger charge is -2.22. The molecule has 0 saturated heterocycles. The van der Waals surface area contributed by atoms with E-state index >= 15 is 0 Å². The van der Waals surface area contributed by atoms with Crippen molar-refractivity contribution in [3.8, 4) is 0 Å². The minimum absolute atomic E-state index is 0.691. The van der Waals surface area contributed by atoms with Crippen LogP contribution in [0, 0.1) is 0 Å². The highest BCUT2D eigenvalue weighted by Crippen LogP contribution is 2.16. The van der Waals surface area contributed by atoms with Crippen molar-refractivity contribution < 1.29 is 0 Å². The highest BCUT2D eigenvalue weighted by Gasteiger charge is 2.12. The predicted octanol–water partition coefficient (Wildman–Crippen LogP) is 0.689. The van der Waals surface area contributed by atoms with Crippen LogP contribution in [0.15, 0.2) is 18.7 Å². The molecule has 0 aromatic carbocycles. The molecule has 2 aromatic rings. The van der Waals surface area contributed by atoms with Crippen LogP contribution in [0.4, 0.5) is 5.82 Å². The summed E-state index contributed by atoms with van der Waals surface area (Å²) in [4.78, 5) is 6.63. The van der Waals surface area contributed by atoms with Gasteiger partial charge in [0.25, 0.3) is 0 Å². The van der Waals surface area contributed by atoms with E-state index in [9.17, 15) is 0 Å². The fourth-order valence-corrected chi connectivity index (χ4v) is 1.84. The number of nitrogens with two attached hydrogens (primary N) is 1. The normalized spacial score (nSPS) is 10.9. The van der Waals surface area contributed by atoms with Gasteiger partial charge in [0.05, 0.1) is 0 Å². The summed E-state index contributed by atoms with van der Waals surface area (Å²) in [7, 11) is 0. The van der Waals surface area contributed by atoms with Gasteiger partial charge in [-0.3, -0.25) is 4.40 Å². The minimum atomic E-state index is 0.691. The fourth-order valence-electron chi connectivity index (χ4n) is 1.84. The van der Waals surface area contributed by atoms with Crippen LogP contribution in [-0.4, -0.2) is 39.2 Å². The summed E-state index contributed by atoms with van der Waals surface area (Å²) < 4.78 is 1.88. The molecule has 0 spiro atoms. The molecule has 0 bridgehead atoms. The third-order valence-corrected chi connectivity index (χ3v) is 2.62. The van der Waals surface area contributed by atoms with Crippen molar-refractivity contribution in [3.05, 3.63) is 18.7 Å². The molecule has 92 valence electrons. The van der Waals surface area contributed by atoms with Gasteiger partial charge in [0.2, 0.25) is 5.65 Å². The number of anilines is 1. The average molecular weight is 234 g/mol. The molecular formula is C11H18N6. The first-order valence-corrected chi connectivity index (χ1v) is 5.96. The molecule has 0 unspecified atom stereocenters. The molecule has 2 aromatic heterocycles. The summed E-state index contributed by atoms with van der Waals surface area (Å²) in [5.41, 5.74) is 6.37. The Kier molecular flexibility index (Phi) is 3.87. The van der Waals surface area contributed by atoms with Crippen LogP contribution >= 0.6 is 0 Å². The Bertz CT molecular complexity index is 466. The maximum absolute atomic E-state index is 5.56. The van der Waals surface area contributed by atoms with Gasteiger partial charge in [-0.2, -0.15) is 0 Å². The Labute approximate surface area is 100 Å². The fraction of sp³-hybridized carbons (Fsp3) is 0.545. The van der Waals surface area contributed by atoms with Gasteiger partial charge >= 0.3 is 0 Å². The molecule has 0 aliphatic carbocycles. The largest absolute Gasteiger partial charge is 0.353 e. The molecule has 6 nitrogen and oxygen atoms in total. The Balaban J connectivity index is 2.30. The van der Waals surface area contributed by atoms with Gasteiger partial charge < -0.3 is 10.6 Å². The molecule has 2 heterocycles. The first-order chi connectivity index (χ1) is 8.36. The second-order valence-electron chi connectivity index (χ2n) is 3.94. The molecule has 2 N–H and O–H groups in total. The van der Waals surface area contributed by atoms with Crippen molar-refractivity contribution in [2.75, 3.05) is 24.5 Å². The van der Waals surface area contributed by atoms with Gasteiger partial charge in [-0.15, -0.1) is 10.2 Å². The molecule has 0 atom stereocenters. The van der Waals surface area contributed by atoms with Crippen LogP contribution in [0.5, 0.6) is 0 Å². The van der Waals surface area contributed by atoms with E-state index in [0.717, 1.165) is 37.4 Å². The van der Waals surface area contributed by atoms with Crippen LogP contribution in [0.1, 0.15) is 19.8 Å². The zero-order chi connectivity index (χ0) is 12.1. The van der Waals surface area contributed by atoms with Crippen LogP contribution < -0.4 is 10.6 Å². The highest BCUT2D eigenvalue weighted by molar-refractivity contribution is 5.63. The Hall–Kier alpha value is -1.69. The van der Waals surface area contributed by atoms with Gasteiger partial charge in [-0.25, -0.2) is 4.98 Å². The summed E-state index contributed by atoms with van der Waals surface area (Å²) in [5.74, 6) is 0.889. The smallest absolute Gasteiger partial charge is 0.203 e. The van der Waals surface area contributed by atoms with Crippen LogP contribution in [0.25, 0.3) is 5.65 Å². The molecule has 0 saturated carbocycles. The second kappa shape index (κ2) is 5.58. The standard InChI is InChI=1S/C11H18N6/c1-2-6-16(7-3-4-12)10-11-15-14-9-17(11)8-5-13-10/h5,8-9H,2-4,6-7,12H2,1H3. The predicted molar refractivity (Wildman–Crippen MR) is 67.0 cm³/mol. The van der Waals surface area contributed by atoms with E-state index < -0.39 is 0 Å². The van der Waals surface area contributed by atoms with Gasteiger partial charge in [0, 0.05) is 25.5 Å². The second-order valence-corrected chi connectivity index (χ2v) is 3.94. The molecule has 2 rings (SSSR count). The third kappa shape index (κ3) is 2.52. The summed E-state index contributed by atoms with van der Waals surface area (Å²) in [6.07, 6.45) is 7.34. The average Bonchev–Trinajstić information content (AvgIpc) is 2.82. The van der Waals surface area contributed by atoms with E-state index in [2.05, 4.69) is 27.0 Å². The quantitative estimate of drug-likeness (QED) is 0.796. The van der Waals surface area contributed by atoms with Gasteiger partial charge in [0.15, 0.2) is 5.82 Å². The topological polar surface area (TPSA) is 72.3 Å². The number of aromatic nitrogens is 4. The van der Waals surface area contributed by atoms with E-state index in [1.807, 2.05) is 10.6 Å². The van der Waals surface area contributed by atoms with E-state index in [-0.39, 0.29) is 0 Å². The number of hydrogen-bond donors (Lipinski definition) is 1. The first kappa shape index (κ1) is 11.8. The molecule has 0 aliphatic rings. The lowest BCUT2D eigenvalue weighted by molar-refractivity contribution is 0.711. The van der Waals surface area contributed by atoms with Crippen molar-refractivity contribution in [3.63, 3.8) is 0 Å². The Morgan fingerprint density at radius 1 is 1.41 bits per heavy atom.